The molecule has 0 aromatic heterocycles. The molecule has 3 N–H and O–H groups in total. The topological polar surface area (TPSA) is 68.5 Å². The zero-order chi connectivity index (χ0) is 23.7. The van der Waals surface area contributed by atoms with E-state index < -0.39 is 0 Å². The van der Waals surface area contributed by atoms with Gasteiger partial charge < -0.3 is 5.11 Å². The highest BCUT2D eigenvalue weighted by atomic mass is 32.2. The number of rotatable bonds is 4. The molecule has 1 aliphatic carbocycles. The molecule has 0 saturated heterocycles. The Morgan fingerprint density at radius 2 is 1.59 bits per heavy atom. The van der Waals surface area contributed by atoms with E-state index in [1.54, 1.807) is 11.8 Å². The summed E-state index contributed by atoms with van der Waals surface area (Å²) in [5.74, 6) is 0.198. The fourth-order valence-corrected chi connectivity index (χ4v) is 4.25. The van der Waals surface area contributed by atoms with Crippen LogP contribution in [0.2, 0.25) is 0 Å². The van der Waals surface area contributed by atoms with Crippen LogP contribution in [0.25, 0.3) is 0 Å². The maximum absolute atomic E-state index is 10.7. The summed E-state index contributed by atoms with van der Waals surface area (Å²) in [5, 5.41) is 23.5. The Hall–Kier alpha value is -2.79. The third-order valence-corrected chi connectivity index (χ3v) is 6.28. The number of hydrogen-bond donors (Lipinski definition) is 3. The van der Waals surface area contributed by atoms with Gasteiger partial charge in [0.25, 0.3) is 0 Å². The molecule has 0 amide bonds. The second kappa shape index (κ2) is 8.99. The van der Waals surface area contributed by atoms with Gasteiger partial charge in [-0.1, -0.05) is 71.5 Å². The second-order valence-electron chi connectivity index (χ2n) is 10.2. The summed E-state index contributed by atoms with van der Waals surface area (Å²) in [6, 6.07) is 12.4. The number of thioether (sulfide) groups is 1. The van der Waals surface area contributed by atoms with Crippen LogP contribution in [-0.4, -0.2) is 16.5 Å². The number of phenolic OH excluding ortho intramolecular Hbond substituents is 1. The zero-order valence-corrected chi connectivity index (χ0v) is 20.8. The first-order valence-electron chi connectivity index (χ1n) is 10.8. The van der Waals surface area contributed by atoms with E-state index in [1.165, 1.54) is 5.56 Å². The molecule has 0 heterocycles. The number of anilines is 1. The van der Waals surface area contributed by atoms with Crippen LogP contribution in [-0.2, 0) is 10.8 Å². The van der Waals surface area contributed by atoms with Crippen LogP contribution in [0.5, 0.6) is 5.75 Å². The Labute approximate surface area is 196 Å². The van der Waals surface area contributed by atoms with Gasteiger partial charge in [-0.15, -0.1) is 0 Å². The van der Waals surface area contributed by atoms with Crippen molar-refractivity contribution in [3.05, 3.63) is 76.2 Å². The summed E-state index contributed by atoms with van der Waals surface area (Å²) in [5.41, 5.74) is 7.52. The molecule has 2 aromatic rings. The summed E-state index contributed by atoms with van der Waals surface area (Å²) in [6.45, 7) is 14.8. The lowest BCUT2D eigenvalue weighted by Crippen LogP contribution is -2.14. The number of allylic oxidation sites excluding steroid dienone is 3. The highest BCUT2D eigenvalue weighted by molar-refractivity contribution is 8.03. The first-order valence-corrected chi connectivity index (χ1v) is 11.6. The summed E-state index contributed by atoms with van der Waals surface area (Å²) in [4.78, 5) is 2.13. The number of benzene rings is 2. The van der Waals surface area contributed by atoms with Crippen LogP contribution in [0.1, 0.15) is 58.2 Å². The van der Waals surface area contributed by atoms with Crippen molar-refractivity contribution in [2.75, 3.05) is 5.43 Å². The van der Waals surface area contributed by atoms with Crippen molar-refractivity contribution in [3.8, 4) is 5.75 Å². The molecule has 0 spiro atoms. The first kappa shape index (κ1) is 23.9. The molecule has 0 unspecified atom stereocenters. The maximum atomic E-state index is 10.7. The van der Waals surface area contributed by atoms with E-state index in [-0.39, 0.29) is 16.6 Å². The quantitative estimate of drug-likeness (QED) is 0.261. The molecule has 5 heteroatoms. The number of nitrogens with zero attached hydrogens (tertiary/aromatic N) is 1. The highest BCUT2D eigenvalue weighted by Crippen LogP contribution is 2.37. The molecule has 4 nitrogen and oxygen atoms in total. The van der Waals surface area contributed by atoms with Crippen LogP contribution in [0.4, 0.5) is 5.69 Å². The van der Waals surface area contributed by atoms with Crippen LogP contribution in [0.3, 0.4) is 0 Å². The number of hydrazone groups is 1. The lowest BCUT2D eigenvalue weighted by atomic mass is 9.85. The Morgan fingerprint density at radius 3 is 2.16 bits per heavy atom. The predicted octanol–water partition coefficient (Wildman–Crippen LogP) is 7.33. The number of aryl methyl sites for hydroxylation is 1. The molecule has 3 rings (SSSR count). The van der Waals surface area contributed by atoms with Crippen molar-refractivity contribution >= 4 is 28.9 Å². The molecule has 0 aliphatic heterocycles. The van der Waals surface area contributed by atoms with Crippen LogP contribution in [0.15, 0.2) is 69.5 Å². The van der Waals surface area contributed by atoms with Crippen LogP contribution in [0, 0.1) is 12.3 Å². The molecular formula is C27H33N3OS. The SMILES string of the molecule is Cc1cc(N/N=C2/C=CC(Sc3ccc(C(C)(C)C)cc3)=CC2=N)c(O)c(C(C)(C)C)c1. The predicted molar refractivity (Wildman–Crippen MR) is 139 cm³/mol. The number of phenols is 1. The van der Waals surface area contributed by atoms with Crippen molar-refractivity contribution in [1.29, 1.82) is 5.41 Å². The molecule has 32 heavy (non-hydrogen) atoms. The van der Waals surface area contributed by atoms with Crippen molar-refractivity contribution < 1.29 is 5.11 Å². The number of aromatic hydroxyl groups is 1. The van der Waals surface area contributed by atoms with Gasteiger partial charge in [0.1, 0.15) is 11.5 Å². The minimum Gasteiger partial charge on any atom is -0.505 e. The van der Waals surface area contributed by atoms with Crippen LogP contribution >= 0.6 is 11.8 Å². The third-order valence-electron chi connectivity index (χ3n) is 5.28. The Morgan fingerprint density at radius 1 is 0.938 bits per heavy atom. The molecule has 0 fully saturated rings. The molecule has 0 saturated carbocycles. The number of hydrogen-bond acceptors (Lipinski definition) is 5. The summed E-state index contributed by atoms with van der Waals surface area (Å²) in [6.07, 6.45) is 5.62. The van der Waals surface area contributed by atoms with Gasteiger partial charge in [-0.05, 0) is 65.3 Å². The minimum absolute atomic E-state index is 0.132. The molecular weight excluding hydrogens is 414 g/mol. The van der Waals surface area contributed by atoms with Gasteiger partial charge in [0.05, 0.1) is 11.4 Å². The normalized spacial score (nSPS) is 15.8. The first-order chi connectivity index (χ1) is 14.8. The van der Waals surface area contributed by atoms with Gasteiger partial charge in [0, 0.05) is 15.4 Å². The maximum Gasteiger partial charge on any atom is 0.144 e. The molecule has 1 aliphatic rings. The van der Waals surface area contributed by atoms with E-state index in [0.717, 1.165) is 20.9 Å². The van der Waals surface area contributed by atoms with Crippen molar-refractivity contribution in [3.63, 3.8) is 0 Å². The number of nitrogens with one attached hydrogen (secondary N) is 2. The lowest BCUT2D eigenvalue weighted by Gasteiger charge is -2.22. The molecule has 0 radical (unpaired) electrons. The van der Waals surface area contributed by atoms with Gasteiger partial charge >= 0.3 is 0 Å². The van der Waals surface area contributed by atoms with E-state index >= 15 is 0 Å². The van der Waals surface area contributed by atoms with E-state index in [4.69, 9.17) is 5.41 Å². The van der Waals surface area contributed by atoms with Crippen LogP contribution < -0.4 is 5.43 Å². The lowest BCUT2D eigenvalue weighted by molar-refractivity contribution is 0.448. The summed E-state index contributed by atoms with van der Waals surface area (Å²) < 4.78 is 0. The minimum atomic E-state index is -0.183. The summed E-state index contributed by atoms with van der Waals surface area (Å²) in [7, 11) is 0. The molecule has 0 atom stereocenters. The van der Waals surface area contributed by atoms with Gasteiger partial charge in [-0.3, -0.25) is 10.8 Å². The van der Waals surface area contributed by atoms with Crippen molar-refractivity contribution in [2.45, 2.75) is 64.2 Å². The van der Waals surface area contributed by atoms with Crippen molar-refractivity contribution in [1.82, 2.24) is 0 Å². The Balaban J connectivity index is 1.73. The van der Waals surface area contributed by atoms with E-state index in [2.05, 4.69) is 76.3 Å². The van der Waals surface area contributed by atoms with Gasteiger partial charge in [-0.2, -0.15) is 5.10 Å². The molecule has 0 bridgehead atoms. The van der Waals surface area contributed by atoms with Gasteiger partial charge in [0.15, 0.2) is 0 Å². The fraction of sp³-hybridized carbons (Fsp3) is 0.333. The second-order valence-corrected chi connectivity index (χ2v) is 11.4. The standard InChI is InChI=1S/C27H33N3OS/c1-17-14-21(27(5,6)7)25(31)24(15-17)30-29-23-13-12-20(16-22(23)28)32-19-10-8-18(9-11-19)26(2,3)4/h8-16,28,30-31H,1-7H3/b28-22?,29-23-. The monoisotopic (exact) mass is 447 g/mol. The van der Waals surface area contributed by atoms with Gasteiger partial charge in [-0.25, -0.2) is 0 Å². The van der Waals surface area contributed by atoms with Crippen molar-refractivity contribution in [2.24, 2.45) is 5.10 Å². The Kier molecular flexibility index (Phi) is 6.70. The fourth-order valence-electron chi connectivity index (χ4n) is 3.39. The molecule has 168 valence electrons. The largest absolute Gasteiger partial charge is 0.505 e. The van der Waals surface area contributed by atoms with Gasteiger partial charge in [0.2, 0.25) is 0 Å². The zero-order valence-electron chi connectivity index (χ0n) is 20.0. The van der Waals surface area contributed by atoms with E-state index in [0.29, 0.717) is 17.1 Å². The van der Waals surface area contributed by atoms with E-state index in [1.807, 2.05) is 37.3 Å². The third kappa shape index (κ3) is 5.71. The smallest absolute Gasteiger partial charge is 0.144 e. The van der Waals surface area contributed by atoms with E-state index in [9.17, 15) is 5.11 Å². The highest BCUT2D eigenvalue weighted by Gasteiger charge is 2.21. The Bertz CT molecular complexity index is 1110. The summed E-state index contributed by atoms with van der Waals surface area (Å²) >= 11 is 1.63. The average Bonchev–Trinajstić information content (AvgIpc) is 2.68. The average molecular weight is 448 g/mol. The molecule has 2 aromatic carbocycles.